The quantitative estimate of drug-likeness (QED) is 0.337. The first-order valence-corrected chi connectivity index (χ1v) is 10.3. The minimum atomic E-state index is 0. The number of aryl methyl sites for hydroxylation is 2. The van der Waals surface area contributed by atoms with Crippen LogP contribution in [0.25, 0.3) is 0 Å². The molecular formula is C22H34IN5O. The van der Waals surface area contributed by atoms with Gasteiger partial charge in [0.25, 0.3) is 0 Å². The highest BCUT2D eigenvalue weighted by atomic mass is 127. The van der Waals surface area contributed by atoms with Crippen molar-refractivity contribution in [3.8, 4) is 0 Å². The van der Waals surface area contributed by atoms with Crippen molar-refractivity contribution in [2.24, 2.45) is 4.99 Å². The van der Waals surface area contributed by atoms with Gasteiger partial charge in [-0.3, -0.25) is 9.89 Å². The zero-order valence-electron chi connectivity index (χ0n) is 17.8. The Kier molecular flexibility index (Phi) is 9.93. The molecule has 0 aliphatic carbocycles. The maximum atomic E-state index is 5.22. The first kappa shape index (κ1) is 23.7. The van der Waals surface area contributed by atoms with Gasteiger partial charge in [0.1, 0.15) is 5.76 Å². The van der Waals surface area contributed by atoms with Crippen LogP contribution in [0, 0.1) is 13.8 Å². The molecule has 1 aliphatic rings. The lowest BCUT2D eigenvalue weighted by Crippen LogP contribution is -2.37. The molecule has 3 rings (SSSR count). The highest BCUT2D eigenvalue weighted by Crippen LogP contribution is 2.14. The standard InChI is InChI=1S/C22H33N5O.HI/c1-17-21(18(2)28-26-17)11-12-24-22(23-3)25-15-19-7-9-20(10-8-19)16-27-13-5-4-6-14-27;/h7-10H,4-6,11-16H2,1-3H3,(H2,23,24,25);1H. The smallest absolute Gasteiger partial charge is 0.191 e. The molecule has 1 aromatic carbocycles. The predicted octanol–water partition coefficient (Wildman–Crippen LogP) is 3.80. The fraction of sp³-hybridized carbons (Fsp3) is 0.545. The van der Waals surface area contributed by atoms with E-state index >= 15 is 0 Å². The molecule has 160 valence electrons. The van der Waals surface area contributed by atoms with Crippen molar-refractivity contribution in [3.05, 3.63) is 52.4 Å². The molecule has 7 heteroatoms. The van der Waals surface area contributed by atoms with Crippen molar-refractivity contribution in [1.29, 1.82) is 0 Å². The van der Waals surface area contributed by atoms with Crippen molar-refractivity contribution >= 4 is 29.9 Å². The Bertz CT molecular complexity index is 747. The third kappa shape index (κ3) is 7.29. The molecule has 1 aliphatic heterocycles. The number of rotatable bonds is 7. The third-order valence-corrected chi connectivity index (χ3v) is 5.41. The molecule has 0 bridgehead atoms. The van der Waals surface area contributed by atoms with Gasteiger partial charge in [-0.2, -0.15) is 0 Å². The van der Waals surface area contributed by atoms with Crippen LogP contribution in [0.1, 0.15) is 47.4 Å². The summed E-state index contributed by atoms with van der Waals surface area (Å²) in [6.07, 6.45) is 4.93. The SMILES string of the molecule is CN=C(NCCc1c(C)noc1C)NCc1ccc(CN2CCCCC2)cc1.I. The molecule has 1 saturated heterocycles. The van der Waals surface area contributed by atoms with Crippen LogP contribution in [-0.2, 0) is 19.5 Å². The zero-order chi connectivity index (χ0) is 19.8. The number of guanidine groups is 1. The van der Waals surface area contributed by atoms with Crippen LogP contribution < -0.4 is 10.6 Å². The fourth-order valence-electron chi connectivity index (χ4n) is 3.71. The number of hydrogen-bond acceptors (Lipinski definition) is 4. The summed E-state index contributed by atoms with van der Waals surface area (Å²) in [4.78, 5) is 6.87. The minimum Gasteiger partial charge on any atom is -0.361 e. The van der Waals surface area contributed by atoms with Gasteiger partial charge in [-0.1, -0.05) is 35.8 Å². The number of benzene rings is 1. The van der Waals surface area contributed by atoms with Crippen molar-refractivity contribution in [1.82, 2.24) is 20.7 Å². The van der Waals surface area contributed by atoms with E-state index in [0.717, 1.165) is 43.5 Å². The number of nitrogens with zero attached hydrogens (tertiary/aromatic N) is 3. The van der Waals surface area contributed by atoms with Crippen LogP contribution >= 0.6 is 24.0 Å². The van der Waals surface area contributed by atoms with Crippen LogP contribution in [-0.4, -0.2) is 42.7 Å². The van der Waals surface area contributed by atoms with Gasteiger partial charge in [0.15, 0.2) is 5.96 Å². The van der Waals surface area contributed by atoms with Crippen LogP contribution in [0.5, 0.6) is 0 Å². The number of likely N-dealkylation sites (tertiary alicyclic amines) is 1. The molecule has 29 heavy (non-hydrogen) atoms. The van der Waals surface area contributed by atoms with Gasteiger partial charge in [-0.25, -0.2) is 0 Å². The first-order chi connectivity index (χ1) is 13.7. The maximum absolute atomic E-state index is 5.22. The number of nitrogens with one attached hydrogen (secondary N) is 2. The largest absolute Gasteiger partial charge is 0.361 e. The summed E-state index contributed by atoms with van der Waals surface area (Å²) >= 11 is 0. The summed E-state index contributed by atoms with van der Waals surface area (Å²) in [6, 6.07) is 8.92. The minimum absolute atomic E-state index is 0. The predicted molar refractivity (Wildman–Crippen MR) is 129 cm³/mol. The van der Waals surface area contributed by atoms with E-state index < -0.39 is 0 Å². The van der Waals surface area contributed by atoms with E-state index in [2.05, 4.69) is 49.9 Å². The second kappa shape index (κ2) is 12.2. The van der Waals surface area contributed by atoms with Gasteiger partial charge in [0, 0.05) is 32.2 Å². The van der Waals surface area contributed by atoms with Gasteiger partial charge in [0.2, 0.25) is 0 Å². The molecular weight excluding hydrogens is 477 g/mol. The number of aromatic nitrogens is 1. The lowest BCUT2D eigenvalue weighted by Gasteiger charge is -2.26. The molecule has 2 heterocycles. The monoisotopic (exact) mass is 511 g/mol. The van der Waals surface area contributed by atoms with Gasteiger partial charge in [0.05, 0.1) is 5.69 Å². The molecule has 0 amide bonds. The van der Waals surface area contributed by atoms with Crippen molar-refractivity contribution in [2.45, 2.75) is 52.6 Å². The molecule has 0 atom stereocenters. The Morgan fingerprint density at radius 2 is 1.76 bits per heavy atom. The van der Waals surface area contributed by atoms with Crippen molar-refractivity contribution in [2.75, 3.05) is 26.7 Å². The van der Waals surface area contributed by atoms with Crippen LogP contribution in [0.2, 0.25) is 0 Å². The maximum Gasteiger partial charge on any atom is 0.191 e. The normalized spacial score (nSPS) is 15.1. The molecule has 1 fully saturated rings. The Balaban J connectivity index is 0.00000300. The van der Waals surface area contributed by atoms with Crippen LogP contribution in [0.15, 0.2) is 33.8 Å². The number of halogens is 1. The summed E-state index contributed by atoms with van der Waals surface area (Å²) in [7, 11) is 1.80. The third-order valence-electron chi connectivity index (χ3n) is 5.41. The molecule has 0 saturated carbocycles. The summed E-state index contributed by atoms with van der Waals surface area (Å²) in [6.45, 7) is 9.02. The lowest BCUT2D eigenvalue weighted by molar-refractivity contribution is 0.221. The van der Waals surface area contributed by atoms with Gasteiger partial charge in [-0.05, 0) is 57.3 Å². The second-order valence-electron chi connectivity index (χ2n) is 7.56. The van der Waals surface area contributed by atoms with E-state index in [-0.39, 0.29) is 24.0 Å². The molecule has 0 spiro atoms. The number of hydrogen-bond donors (Lipinski definition) is 2. The van der Waals surface area contributed by atoms with E-state index in [1.165, 1.54) is 49.0 Å². The van der Waals surface area contributed by atoms with Crippen LogP contribution in [0.3, 0.4) is 0 Å². The topological polar surface area (TPSA) is 65.7 Å². The van der Waals surface area contributed by atoms with E-state index in [9.17, 15) is 0 Å². The Morgan fingerprint density at radius 3 is 2.38 bits per heavy atom. The molecule has 0 unspecified atom stereocenters. The lowest BCUT2D eigenvalue weighted by atomic mass is 10.1. The molecule has 0 radical (unpaired) electrons. The second-order valence-corrected chi connectivity index (χ2v) is 7.56. The highest BCUT2D eigenvalue weighted by Gasteiger charge is 2.10. The Labute approximate surface area is 191 Å². The first-order valence-electron chi connectivity index (χ1n) is 10.3. The summed E-state index contributed by atoms with van der Waals surface area (Å²) in [5.74, 6) is 1.70. The highest BCUT2D eigenvalue weighted by molar-refractivity contribution is 14.0. The average molecular weight is 511 g/mol. The average Bonchev–Trinajstić information content (AvgIpc) is 3.04. The summed E-state index contributed by atoms with van der Waals surface area (Å²) in [5.41, 5.74) is 4.79. The zero-order valence-corrected chi connectivity index (χ0v) is 20.2. The van der Waals surface area contributed by atoms with Gasteiger partial charge in [-0.15, -0.1) is 24.0 Å². The summed E-state index contributed by atoms with van der Waals surface area (Å²) < 4.78 is 5.22. The molecule has 1 aromatic heterocycles. The van der Waals surface area contributed by atoms with E-state index in [1.807, 2.05) is 13.8 Å². The number of aliphatic imine (C=N–C) groups is 1. The fourth-order valence-corrected chi connectivity index (χ4v) is 3.71. The molecule has 2 aromatic rings. The summed E-state index contributed by atoms with van der Waals surface area (Å²) in [5, 5.41) is 10.7. The Hall–Kier alpha value is -1.61. The van der Waals surface area contributed by atoms with Crippen LogP contribution in [0.4, 0.5) is 0 Å². The molecule has 6 nitrogen and oxygen atoms in total. The Morgan fingerprint density at radius 1 is 1.07 bits per heavy atom. The van der Waals surface area contributed by atoms with E-state index in [4.69, 9.17) is 4.52 Å². The van der Waals surface area contributed by atoms with Gasteiger partial charge >= 0.3 is 0 Å². The number of piperidine rings is 1. The van der Waals surface area contributed by atoms with E-state index in [1.54, 1.807) is 7.05 Å². The van der Waals surface area contributed by atoms with Crippen molar-refractivity contribution < 1.29 is 4.52 Å². The van der Waals surface area contributed by atoms with Crippen molar-refractivity contribution in [3.63, 3.8) is 0 Å². The molecule has 2 N–H and O–H groups in total. The van der Waals surface area contributed by atoms with E-state index in [0.29, 0.717) is 0 Å². The van der Waals surface area contributed by atoms with Gasteiger partial charge < -0.3 is 15.2 Å².